The summed E-state index contributed by atoms with van der Waals surface area (Å²) >= 11 is 3.60. The van der Waals surface area contributed by atoms with E-state index < -0.39 is 10.0 Å². The Bertz CT molecular complexity index is 710. The second-order valence-corrected chi connectivity index (χ2v) is 11.2. The van der Waals surface area contributed by atoms with Gasteiger partial charge in [0.15, 0.2) is 5.96 Å². The number of rotatable bonds is 7. The molecule has 2 N–H and O–H groups in total. The van der Waals surface area contributed by atoms with E-state index in [1.165, 1.54) is 5.00 Å². The molecule has 0 bridgehead atoms. The number of thiophene rings is 1. The second-order valence-electron chi connectivity index (χ2n) is 6.95. The first kappa shape index (κ1) is 21.7. The van der Waals surface area contributed by atoms with Gasteiger partial charge in [0.1, 0.15) is 0 Å². The van der Waals surface area contributed by atoms with E-state index >= 15 is 0 Å². The second kappa shape index (κ2) is 10.7. The number of sulfonamides is 1. The lowest BCUT2D eigenvalue weighted by molar-refractivity contribution is 0.443. The van der Waals surface area contributed by atoms with Crippen LogP contribution < -0.4 is 15.5 Å². The van der Waals surface area contributed by atoms with Crippen molar-refractivity contribution in [3.8, 4) is 0 Å². The van der Waals surface area contributed by atoms with E-state index in [-0.39, 0.29) is 12.3 Å². The van der Waals surface area contributed by atoms with Gasteiger partial charge in [-0.2, -0.15) is 11.8 Å². The van der Waals surface area contributed by atoms with E-state index in [2.05, 4.69) is 38.0 Å². The number of thioether (sulfide) groups is 1. The predicted molar refractivity (Wildman–Crippen MR) is 121 cm³/mol. The third-order valence-electron chi connectivity index (χ3n) is 4.98. The average molecular weight is 446 g/mol. The first-order chi connectivity index (χ1) is 13.6. The minimum atomic E-state index is -3.21. The van der Waals surface area contributed by atoms with E-state index in [4.69, 9.17) is 0 Å². The molecule has 0 amide bonds. The van der Waals surface area contributed by atoms with E-state index in [0.717, 1.165) is 49.9 Å². The summed E-state index contributed by atoms with van der Waals surface area (Å²) in [6, 6.07) is 4.63. The van der Waals surface area contributed by atoms with Gasteiger partial charge in [-0.3, -0.25) is 4.99 Å². The van der Waals surface area contributed by atoms with E-state index in [1.807, 2.05) is 18.7 Å². The monoisotopic (exact) mass is 445 g/mol. The molecule has 28 heavy (non-hydrogen) atoms. The number of piperidine rings is 1. The van der Waals surface area contributed by atoms with Crippen molar-refractivity contribution in [3.63, 3.8) is 0 Å². The Kier molecular flexibility index (Phi) is 8.31. The van der Waals surface area contributed by atoms with Crippen LogP contribution in [-0.2, 0) is 10.0 Å². The van der Waals surface area contributed by atoms with Gasteiger partial charge < -0.3 is 15.5 Å². The number of hydrogen-bond donors (Lipinski definition) is 2. The first-order valence-electron chi connectivity index (χ1n) is 9.97. The zero-order chi connectivity index (χ0) is 19.8. The highest BCUT2D eigenvalue weighted by molar-refractivity contribution is 7.99. The maximum Gasteiger partial charge on any atom is 0.215 e. The summed E-state index contributed by atoms with van der Waals surface area (Å²) in [4.78, 5) is 6.96. The van der Waals surface area contributed by atoms with Gasteiger partial charge in [-0.1, -0.05) is 0 Å². The van der Waals surface area contributed by atoms with E-state index in [1.54, 1.807) is 15.6 Å². The molecule has 2 saturated heterocycles. The van der Waals surface area contributed by atoms with Crippen molar-refractivity contribution in [1.29, 1.82) is 0 Å². The van der Waals surface area contributed by atoms with Crippen molar-refractivity contribution in [2.75, 3.05) is 61.4 Å². The van der Waals surface area contributed by atoms with Crippen LogP contribution in [0, 0.1) is 0 Å². The van der Waals surface area contributed by atoms with Crippen LogP contribution in [0.4, 0.5) is 5.00 Å². The molecular weight excluding hydrogens is 414 g/mol. The molecule has 3 rings (SSSR count). The van der Waals surface area contributed by atoms with Gasteiger partial charge in [-0.05, 0) is 37.3 Å². The van der Waals surface area contributed by atoms with Crippen LogP contribution in [0.15, 0.2) is 22.5 Å². The van der Waals surface area contributed by atoms with Crippen LogP contribution in [-0.4, -0.2) is 81.3 Å². The summed E-state index contributed by atoms with van der Waals surface area (Å²) < 4.78 is 26.5. The Morgan fingerprint density at radius 2 is 2.00 bits per heavy atom. The molecule has 0 aromatic carbocycles. The average Bonchev–Trinajstić information content (AvgIpc) is 3.24. The fraction of sp³-hybridized carbons (Fsp3) is 0.722. The summed E-state index contributed by atoms with van der Waals surface area (Å²) in [5.74, 6) is 2.57. The Balaban J connectivity index is 1.47. The molecule has 10 heteroatoms. The van der Waals surface area contributed by atoms with Crippen molar-refractivity contribution in [3.05, 3.63) is 17.5 Å². The van der Waals surface area contributed by atoms with Gasteiger partial charge in [0.2, 0.25) is 10.0 Å². The van der Waals surface area contributed by atoms with Crippen molar-refractivity contribution in [2.45, 2.75) is 25.8 Å². The zero-order valence-corrected chi connectivity index (χ0v) is 18.9. The largest absolute Gasteiger partial charge is 0.363 e. The molecular formula is C18H31N5O2S3. The van der Waals surface area contributed by atoms with Gasteiger partial charge in [-0.15, -0.1) is 11.3 Å². The molecule has 0 unspecified atom stereocenters. The molecule has 0 radical (unpaired) electrons. The molecule has 0 saturated carbocycles. The molecule has 0 atom stereocenters. The fourth-order valence-electron chi connectivity index (χ4n) is 3.43. The Labute approximate surface area is 177 Å². The van der Waals surface area contributed by atoms with Gasteiger partial charge >= 0.3 is 0 Å². The first-order valence-corrected chi connectivity index (χ1v) is 13.6. The number of aliphatic imine (C=N–C) groups is 1. The number of anilines is 1. The van der Waals surface area contributed by atoms with Crippen LogP contribution in [0.25, 0.3) is 0 Å². The molecule has 0 aliphatic carbocycles. The smallest absolute Gasteiger partial charge is 0.215 e. The highest BCUT2D eigenvalue weighted by Gasteiger charge is 2.24. The minimum Gasteiger partial charge on any atom is -0.363 e. The summed E-state index contributed by atoms with van der Waals surface area (Å²) in [6.07, 6.45) is 2.10. The number of hydrogen-bond acceptors (Lipinski definition) is 6. The Hall–Kier alpha value is -0.970. The third-order valence-corrected chi connectivity index (χ3v) is 8.70. The standard InChI is InChI=1S/C18H31N5O2S3/c1-2-19-18(20-7-15-28(24,25)23-10-13-26-14-11-23)21-16-5-8-22(9-6-16)17-4-3-12-27-17/h3-4,12,16H,2,5-11,13-15H2,1H3,(H2,19,20,21). The van der Waals surface area contributed by atoms with Gasteiger partial charge in [0, 0.05) is 50.3 Å². The Morgan fingerprint density at radius 1 is 1.25 bits per heavy atom. The van der Waals surface area contributed by atoms with Crippen LogP contribution in [0.3, 0.4) is 0 Å². The van der Waals surface area contributed by atoms with Crippen molar-refractivity contribution < 1.29 is 8.42 Å². The number of guanidine groups is 1. The summed E-state index contributed by atoms with van der Waals surface area (Å²) in [5.41, 5.74) is 0. The predicted octanol–water partition coefficient (Wildman–Crippen LogP) is 1.65. The molecule has 2 fully saturated rings. The summed E-state index contributed by atoms with van der Waals surface area (Å²) in [7, 11) is -3.21. The Morgan fingerprint density at radius 3 is 2.64 bits per heavy atom. The lowest BCUT2D eigenvalue weighted by Gasteiger charge is -2.33. The van der Waals surface area contributed by atoms with Crippen LogP contribution >= 0.6 is 23.1 Å². The molecule has 7 nitrogen and oxygen atoms in total. The van der Waals surface area contributed by atoms with E-state index in [0.29, 0.717) is 19.1 Å². The number of nitrogens with one attached hydrogen (secondary N) is 2. The van der Waals surface area contributed by atoms with Gasteiger partial charge in [-0.25, -0.2) is 12.7 Å². The summed E-state index contributed by atoms with van der Waals surface area (Å²) in [6.45, 7) is 6.37. The zero-order valence-electron chi connectivity index (χ0n) is 16.5. The minimum absolute atomic E-state index is 0.0745. The van der Waals surface area contributed by atoms with Crippen molar-refractivity contribution in [2.24, 2.45) is 4.99 Å². The maximum absolute atomic E-state index is 12.5. The molecule has 0 spiro atoms. The van der Waals surface area contributed by atoms with Crippen LogP contribution in [0.2, 0.25) is 0 Å². The fourth-order valence-corrected chi connectivity index (χ4v) is 6.67. The lowest BCUT2D eigenvalue weighted by atomic mass is 10.1. The third kappa shape index (κ3) is 6.27. The molecule has 1 aromatic heterocycles. The van der Waals surface area contributed by atoms with Gasteiger partial charge in [0.05, 0.1) is 17.3 Å². The highest BCUT2D eigenvalue weighted by Crippen LogP contribution is 2.24. The van der Waals surface area contributed by atoms with Gasteiger partial charge in [0.25, 0.3) is 0 Å². The maximum atomic E-state index is 12.5. The van der Waals surface area contributed by atoms with Crippen molar-refractivity contribution >= 4 is 44.1 Å². The van der Waals surface area contributed by atoms with Crippen LogP contribution in [0.1, 0.15) is 19.8 Å². The molecule has 3 heterocycles. The molecule has 2 aliphatic rings. The molecule has 158 valence electrons. The quantitative estimate of drug-likeness (QED) is 0.491. The van der Waals surface area contributed by atoms with Crippen molar-refractivity contribution in [1.82, 2.24) is 14.9 Å². The summed E-state index contributed by atoms with van der Waals surface area (Å²) in [5, 5.41) is 10.2. The van der Waals surface area contributed by atoms with Crippen LogP contribution in [0.5, 0.6) is 0 Å². The normalized spacial score (nSPS) is 20.3. The SMILES string of the molecule is CCNC(=NCCS(=O)(=O)N1CCSCC1)NC1CCN(c2cccs2)CC1. The topological polar surface area (TPSA) is 77.0 Å². The number of nitrogens with zero attached hydrogens (tertiary/aromatic N) is 3. The highest BCUT2D eigenvalue weighted by atomic mass is 32.2. The molecule has 2 aliphatic heterocycles. The molecule has 1 aromatic rings. The lowest BCUT2D eigenvalue weighted by Crippen LogP contribution is -2.49. The van der Waals surface area contributed by atoms with E-state index in [9.17, 15) is 8.42 Å².